The molecule has 0 radical (unpaired) electrons. The van der Waals surface area contributed by atoms with Gasteiger partial charge in [-0.25, -0.2) is 0 Å². The van der Waals surface area contributed by atoms with Crippen LogP contribution in [0.15, 0.2) is 23.1 Å². The summed E-state index contributed by atoms with van der Waals surface area (Å²) < 4.78 is 0. The monoisotopic (exact) mass is 235 g/mol. The van der Waals surface area contributed by atoms with Crippen LogP contribution in [0.5, 0.6) is 0 Å². The Balaban J connectivity index is 2.59. The molecule has 0 aliphatic carbocycles. The first-order valence-corrected chi connectivity index (χ1v) is 5.76. The van der Waals surface area contributed by atoms with Crippen LogP contribution in [0.1, 0.15) is 6.42 Å². The lowest BCUT2D eigenvalue weighted by Gasteiger charge is -2.03. The van der Waals surface area contributed by atoms with Crippen LogP contribution < -0.4 is 5.73 Å². The Hall–Kier alpha value is 0.110. The van der Waals surface area contributed by atoms with E-state index in [2.05, 4.69) is 0 Å². The molecular weight excluding hydrogens is 225 g/mol. The summed E-state index contributed by atoms with van der Waals surface area (Å²) >= 11 is 13.5. The predicted octanol–water partition coefficient (Wildman–Crippen LogP) is 3.43. The zero-order chi connectivity index (χ0) is 9.68. The van der Waals surface area contributed by atoms with E-state index in [-0.39, 0.29) is 0 Å². The minimum absolute atomic E-state index is 0.713. The van der Waals surface area contributed by atoms with Gasteiger partial charge in [0.25, 0.3) is 0 Å². The second-order valence-electron chi connectivity index (χ2n) is 2.57. The lowest BCUT2D eigenvalue weighted by molar-refractivity contribution is 0.943. The van der Waals surface area contributed by atoms with Gasteiger partial charge in [-0.1, -0.05) is 23.2 Å². The third kappa shape index (κ3) is 3.77. The van der Waals surface area contributed by atoms with Crippen molar-refractivity contribution < 1.29 is 0 Å². The number of rotatable bonds is 4. The lowest BCUT2D eigenvalue weighted by Crippen LogP contribution is -1.99. The van der Waals surface area contributed by atoms with E-state index in [0.717, 1.165) is 27.1 Å². The van der Waals surface area contributed by atoms with E-state index in [4.69, 9.17) is 28.9 Å². The minimum Gasteiger partial charge on any atom is -0.330 e. The Morgan fingerprint density at radius 2 is 2.08 bits per heavy atom. The van der Waals surface area contributed by atoms with Gasteiger partial charge in [0, 0.05) is 9.92 Å². The van der Waals surface area contributed by atoms with E-state index in [9.17, 15) is 0 Å². The number of benzene rings is 1. The van der Waals surface area contributed by atoms with Crippen LogP contribution in [0, 0.1) is 0 Å². The molecule has 13 heavy (non-hydrogen) atoms. The Morgan fingerprint density at radius 1 is 1.31 bits per heavy atom. The van der Waals surface area contributed by atoms with Crippen molar-refractivity contribution in [1.29, 1.82) is 0 Å². The molecule has 0 saturated carbocycles. The summed E-state index contributed by atoms with van der Waals surface area (Å²) in [5, 5.41) is 1.48. The van der Waals surface area contributed by atoms with Crippen LogP contribution in [0.2, 0.25) is 10.0 Å². The Kier molecular flexibility index (Phi) is 4.96. The third-order valence-corrected chi connectivity index (χ3v) is 3.32. The summed E-state index contributed by atoms with van der Waals surface area (Å²) in [6, 6.07) is 5.48. The van der Waals surface area contributed by atoms with Gasteiger partial charge in [0.05, 0.1) is 5.02 Å². The first-order chi connectivity index (χ1) is 6.24. The molecule has 0 aliphatic rings. The fourth-order valence-electron chi connectivity index (χ4n) is 0.853. The second kappa shape index (κ2) is 5.76. The highest BCUT2D eigenvalue weighted by Gasteiger charge is 2.00. The zero-order valence-corrected chi connectivity index (χ0v) is 9.42. The molecule has 0 fully saturated rings. The topological polar surface area (TPSA) is 26.0 Å². The summed E-state index contributed by atoms with van der Waals surface area (Å²) in [4.78, 5) is 1.03. The van der Waals surface area contributed by atoms with Crippen molar-refractivity contribution in [3.05, 3.63) is 28.2 Å². The van der Waals surface area contributed by atoms with E-state index < -0.39 is 0 Å². The Bertz CT molecular complexity index is 278. The molecule has 0 spiro atoms. The van der Waals surface area contributed by atoms with E-state index in [1.807, 2.05) is 12.1 Å². The van der Waals surface area contributed by atoms with Gasteiger partial charge in [-0.3, -0.25) is 0 Å². The molecule has 0 saturated heterocycles. The fourth-order valence-corrected chi connectivity index (χ4v) is 2.32. The van der Waals surface area contributed by atoms with Crippen LogP contribution >= 0.6 is 35.0 Å². The molecule has 0 aromatic heterocycles. The molecule has 0 amide bonds. The average Bonchev–Trinajstić information content (AvgIpc) is 2.11. The molecule has 0 aliphatic heterocycles. The summed E-state index contributed by atoms with van der Waals surface area (Å²) in [5.74, 6) is 0.983. The quantitative estimate of drug-likeness (QED) is 0.640. The van der Waals surface area contributed by atoms with E-state index in [1.54, 1.807) is 17.8 Å². The number of halogens is 2. The highest BCUT2D eigenvalue weighted by molar-refractivity contribution is 7.99. The van der Waals surface area contributed by atoms with Crippen LogP contribution in [0.3, 0.4) is 0 Å². The summed E-state index contributed by atoms with van der Waals surface area (Å²) in [5.41, 5.74) is 5.39. The van der Waals surface area contributed by atoms with Crippen molar-refractivity contribution in [3.63, 3.8) is 0 Å². The number of hydrogen-bond donors (Lipinski definition) is 1. The maximum atomic E-state index is 5.96. The van der Waals surface area contributed by atoms with Gasteiger partial charge >= 0.3 is 0 Å². The number of hydrogen-bond acceptors (Lipinski definition) is 2. The minimum atomic E-state index is 0.713. The summed E-state index contributed by atoms with van der Waals surface area (Å²) in [6.07, 6.45) is 0.994. The van der Waals surface area contributed by atoms with Crippen molar-refractivity contribution in [2.24, 2.45) is 5.73 Å². The molecule has 2 N–H and O–H groups in total. The summed E-state index contributed by atoms with van der Waals surface area (Å²) in [7, 11) is 0. The van der Waals surface area contributed by atoms with Crippen molar-refractivity contribution >= 4 is 35.0 Å². The number of nitrogens with two attached hydrogens (primary N) is 1. The molecule has 0 bridgehead atoms. The SMILES string of the molecule is NCCCSc1cc(Cl)ccc1Cl. The largest absolute Gasteiger partial charge is 0.330 e. The molecule has 72 valence electrons. The fraction of sp³-hybridized carbons (Fsp3) is 0.333. The smallest absolute Gasteiger partial charge is 0.0542 e. The van der Waals surface area contributed by atoms with Crippen molar-refractivity contribution in [2.45, 2.75) is 11.3 Å². The van der Waals surface area contributed by atoms with Gasteiger partial charge in [-0.15, -0.1) is 11.8 Å². The van der Waals surface area contributed by atoms with Gasteiger partial charge in [0.2, 0.25) is 0 Å². The van der Waals surface area contributed by atoms with Crippen molar-refractivity contribution in [2.75, 3.05) is 12.3 Å². The number of thioether (sulfide) groups is 1. The van der Waals surface area contributed by atoms with Crippen molar-refractivity contribution in [1.82, 2.24) is 0 Å². The molecule has 4 heteroatoms. The predicted molar refractivity (Wildman–Crippen MR) is 60.9 cm³/mol. The van der Waals surface area contributed by atoms with Crippen LogP contribution in [0.4, 0.5) is 0 Å². The van der Waals surface area contributed by atoms with E-state index >= 15 is 0 Å². The van der Waals surface area contributed by atoms with Crippen LogP contribution in [0.25, 0.3) is 0 Å². The Morgan fingerprint density at radius 3 is 2.77 bits per heavy atom. The molecule has 1 rings (SSSR count). The first-order valence-electron chi connectivity index (χ1n) is 4.02. The first kappa shape index (κ1) is 11.2. The molecular formula is C9H11Cl2NS. The van der Waals surface area contributed by atoms with Gasteiger partial charge in [0.1, 0.15) is 0 Å². The zero-order valence-electron chi connectivity index (χ0n) is 7.09. The molecule has 0 heterocycles. The van der Waals surface area contributed by atoms with Gasteiger partial charge in [0.15, 0.2) is 0 Å². The van der Waals surface area contributed by atoms with E-state index in [1.165, 1.54) is 0 Å². The average molecular weight is 236 g/mol. The summed E-state index contributed by atoms with van der Waals surface area (Å²) in [6.45, 7) is 0.713. The van der Waals surface area contributed by atoms with Gasteiger partial charge in [-0.2, -0.15) is 0 Å². The molecule has 1 aromatic carbocycles. The Labute approximate surface area is 92.6 Å². The highest BCUT2D eigenvalue weighted by Crippen LogP contribution is 2.29. The van der Waals surface area contributed by atoms with Gasteiger partial charge < -0.3 is 5.73 Å². The van der Waals surface area contributed by atoms with Crippen molar-refractivity contribution in [3.8, 4) is 0 Å². The van der Waals surface area contributed by atoms with Crippen LogP contribution in [-0.4, -0.2) is 12.3 Å². The van der Waals surface area contributed by atoms with Gasteiger partial charge in [-0.05, 0) is 36.9 Å². The third-order valence-electron chi connectivity index (χ3n) is 1.50. The van der Waals surface area contributed by atoms with E-state index in [0.29, 0.717) is 6.54 Å². The highest BCUT2D eigenvalue weighted by atomic mass is 35.5. The second-order valence-corrected chi connectivity index (χ2v) is 4.55. The maximum absolute atomic E-state index is 5.96. The molecule has 0 unspecified atom stereocenters. The van der Waals surface area contributed by atoms with Crippen LogP contribution in [-0.2, 0) is 0 Å². The molecule has 1 nitrogen and oxygen atoms in total. The maximum Gasteiger partial charge on any atom is 0.0542 e. The lowest BCUT2D eigenvalue weighted by atomic mass is 10.4. The normalized spacial score (nSPS) is 10.4. The molecule has 1 aromatic rings. The molecule has 0 atom stereocenters. The standard InChI is InChI=1S/C9H11Cl2NS/c10-7-2-3-8(11)9(6-7)13-5-1-4-12/h2-3,6H,1,4-5,12H2.